The zero-order valence-corrected chi connectivity index (χ0v) is 13.8. The minimum atomic E-state index is -1.18. The van der Waals surface area contributed by atoms with Gasteiger partial charge in [-0.25, -0.2) is 0 Å². The smallest absolute Gasteiger partial charge is 0.168 e. The lowest BCUT2D eigenvalue weighted by atomic mass is 9.48. The quantitative estimate of drug-likeness (QED) is 0.829. The van der Waals surface area contributed by atoms with Crippen molar-refractivity contribution in [1.29, 1.82) is 0 Å². The molecule has 0 heterocycles. The Morgan fingerprint density at radius 2 is 1.87 bits per heavy atom. The first-order chi connectivity index (χ1) is 10.6. The van der Waals surface area contributed by atoms with E-state index < -0.39 is 16.9 Å². The van der Waals surface area contributed by atoms with Crippen LogP contribution in [-0.2, 0) is 10.2 Å². The molecule has 23 heavy (non-hydrogen) atoms. The number of benzene rings is 1. The summed E-state index contributed by atoms with van der Waals surface area (Å²) in [6.45, 7) is 5.74. The van der Waals surface area contributed by atoms with E-state index in [9.17, 15) is 19.8 Å². The van der Waals surface area contributed by atoms with E-state index in [1.807, 2.05) is 20.8 Å². The minimum absolute atomic E-state index is 0.171. The highest BCUT2D eigenvalue weighted by atomic mass is 16.5. The number of rotatable bonds is 1. The van der Waals surface area contributed by atoms with E-state index >= 15 is 0 Å². The van der Waals surface area contributed by atoms with Crippen LogP contribution in [0.5, 0.6) is 11.5 Å². The van der Waals surface area contributed by atoms with Gasteiger partial charge in [-0.05, 0) is 23.0 Å². The molecule has 2 N–H and O–H groups in total. The number of phenols is 1. The summed E-state index contributed by atoms with van der Waals surface area (Å²) < 4.78 is 5.09. The Bertz CT molecular complexity index is 706. The summed E-state index contributed by atoms with van der Waals surface area (Å²) in [5.74, 6) is -0.555. The maximum atomic E-state index is 12.7. The van der Waals surface area contributed by atoms with Gasteiger partial charge in [0.25, 0.3) is 0 Å². The molecule has 2 aliphatic rings. The second-order valence-electron chi connectivity index (χ2n) is 7.54. The fraction of sp³-hybridized carbons (Fsp3) is 0.556. The van der Waals surface area contributed by atoms with Crippen molar-refractivity contribution in [2.45, 2.75) is 45.1 Å². The predicted molar refractivity (Wildman–Crippen MR) is 83.9 cm³/mol. The van der Waals surface area contributed by atoms with Gasteiger partial charge in [0.2, 0.25) is 0 Å². The van der Waals surface area contributed by atoms with E-state index in [4.69, 9.17) is 4.74 Å². The number of ketones is 2. The molecule has 0 aromatic heterocycles. The van der Waals surface area contributed by atoms with Crippen molar-refractivity contribution in [3.05, 3.63) is 23.3 Å². The highest BCUT2D eigenvalue weighted by Crippen LogP contribution is 2.57. The standard InChI is InChI=1S/C18H22O5/c1-17(2)8-11(20)16(22)18(3)9-5-6-12(23-4)15(21)14(9)10(19)7-13(17)18/h5-6,13,16,21-22H,7-8H2,1-4H3. The van der Waals surface area contributed by atoms with E-state index in [1.54, 1.807) is 12.1 Å². The molecule has 0 bridgehead atoms. The Hall–Kier alpha value is -1.88. The van der Waals surface area contributed by atoms with Crippen LogP contribution in [0.15, 0.2) is 12.1 Å². The first-order valence-electron chi connectivity index (χ1n) is 7.79. The highest BCUT2D eigenvalue weighted by Gasteiger charge is 2.59. The van der Waals surface area contributed by atoms with Crippen molar-refractivity contribution in [3.63, 3.8) is 0 Å². The van der Waals surface area contributed by atoms with Gasteiger partial charge >= 0.3 is 0 Å². The third-order valence-corrected chi connectivity index (χ3v) is 5.78. The second kappa shape index (κ2) is 4.81. The molecule has 5 nitrogen and oxygen atoms in total. The van der Waals surface area contributed by atoms with Gasteiger partial charge in [0.1, 0.15) is 6.10 Å². The average molecular weight is 318 g/mol. The monoisotopic (exact) mass is 318 g/mol. The fourth-order valence-corrected chi connectivity index (χ4v) is 4.58. The minimum Gasteiger partial charge on any atom is -0.504 e. The average Bonchev–Trinajstić information content (AvgIpc) is 2.48. The number of carbonyl (C=O) groups is 2. The van der Waals surface area contributed by atoms with Gasteiger partial charge in [-0.1, -0.05) is 26.8 Å². The lowest BCUT2D eigenvalue weighted by Gasteiger charge is -2.55. The Morgan fingerprint density at radius 3 is 2.48 bits per heavy atom. The topological polar surface area (TPSA) is 83.8 Å². The number of phenolic OH excluding ortho intramolecular Hbond substituents is 1. The number of ether oxygens (including phenoxy) is 1. The molecule has 1 fully saturated rings. The Balaban J connectivity index is 2.30. The van der Waals surface area contributed by atoms with Gasteiger partial charge in [-0.2, -0.15) is 0 Å². The van der Waals surface area contributed by atoms with Crippen LogP contribution >= 0.6 is 0 Å². The third kappa shape index (κ3) is 1.96. The number of carbonyl (C=O) groups excluding carboxylic acids is 2. The number of hydrogen-bond acceptors (Lipinski definition) is 5. The van der Waals surface area contributed by atoms with Crippen molar-refractivity contribution in [1.82, 2.24) is 0 Å². The van der Waals surface area contributed by atoms with Crippen LogP contribution < -0.4 is 4.74 Å². The van der Waals surface area contributed by atoms with Crippen LogP contribution in [0.4, 0.5) is 0 Å². The zero-order valence-electron chi connectivity index (χ0n) is 13.8. The Labute approximate surface area is 135 Å². The van der Waals surface area contributed by atoms with Crippen molar-refractivity contribution >= 4 is 11.6 Å². The molecule has 124 valence electrons. The molecule has 0 saturated heterocycles. The SMILES string of the molecule is COc1ccc2c(c1O)C(=O)CC1C(C)(C)CC(=O)C(O)C21C. The molecule has 0 radical (unpaired) electrons. The molecular weight excluding hydrogens is 296 g/mol. The van der Waals surface area contributed by atoms with Gasteiger partial charge < -0.3 is 14.9 Å². The normalized spacial score (nSPS) is 32.2. The number of aliphatic hydroxyl groups excluding tert-OH is 1. The lowest BCUT2D eigenvalue weighted by Crippen LogP contribution is -2.60. The van der Waals surface area contributed by atoms with Crippen LogP contribution in [0.25, 0.3) is 0 Å². The predicted octanol–water partition coefficient (Wildman–Crippen LogP) is 2.22. The maximum absolute atomic E-state index is 12.7. The number of aromatic hydroxyl groups is 1. The zero-order chi connectivity index (χ0) is 17.2. The van der Waals surface area contributed by atoms with E-state index in [2.05, 4.69) is 0 Å². The number of aliphatic hydroxyl groups is 1. The summed E-state index contributed by atoms with van der Waals surface area (Å²) in [5.41, 5.74) is -0.585. The largest absolute Gasteiger partial charge is 0.504 e. The molecule has 5 heteroatoms. The summed E-state index contributed by atoms with van der Waals surface area (Å²) >= 11 is 0. The van der Waals surface area contributed by atoms with Crippen molar-refractivity contribution in [3.8, 4) is 11.5 Å². The number of Topliss-reactive ketones (excluding diaryl/α,β-unsaturated/α-hetero) is 2. The van der Waals surface area contributed by atoms with Gasteiger partial charge in [-0.3, -0.25) is 9.59 Å². The van der Waals surface area contributed by atoms with Crippen molar-refractivity contribution in [2.24, 2.45) is 11.3 Å². The lowest BCUT2D eigenvalue weighted by molar-refractivity contribution is -0.145. The molecule has 0 aliphatic heterocycles. The molecule has 1 aromatic rings. The fourth-order valence-electron chi connectivity index (χ4n) is 4.58. The van der Waals surface area contributed by atoms with Crippen LogP contribution in [0.3, 0.4) is 0 Å². The van der Waals surface area contributed by atoms with Crippen molar-refractivity contribution < 1.29 is 24.5 Å². The van der Waals surface area contributed by atoms with Gasteiger partial charge in [0, 0.05) is 18.3 Å². The molecule has 3 rings (SSSR count). The summed E-state index contributed by atoms with van der Waals surface area (Å²) in [5, 5.41) is 21.0. The van der Waals surface area contributed by atoms with E-state index in [0.717, 1.165) is 0 Å². The Morgan fingerprint density at radius 1 is 1.22 bits per heavy atom. The summed E-state index contributed by atoms with van der Waals surface area (Å²) in [7, 11) is 1.42. The summed E-state index contributed by atoms with van der Waals surface area (Å²) in [4.78, 5) is 25.0. The molecule has 0 amide bonds. The molecular formula is C18H22O5. The molecule has 3 unspecified atom stereocenters. The molecule has 1 aromatic carbocycles. The third-order valence-electron chi connectivity index (χ3n) is 5.78. The van der Waals surface area contributed by atoms with Crippen LogP contribution in [0.2, 0.25) is 0 Å². The van der Waals surface area contributed by atoms with Crippen LogP contribution in [0, 0.1) is 11.3 Å². The molecule has 0 spiro atoms. The van der Waals surface area contributed by atoms with Gasteiger partial charge in [0.05, 0.1) is 12.7 Å². The van der Waals surface area contributed by atoms with Crippen molar-refractivity contribution in [2.75, 3.05) is 7.11 Å². The van der Waals surface area contributed by atoms with Crippen LogP contribution in [-0.4, -0.2) is 35.0 Å². The van der Waals surface area contributed by atoms with E-state index in [1.165, 1.54) is 7.11 Å². The molecule has 2 aliphatic carbocycles. The second-order valence-corrected chi connectivity index (χ2v) is 7.54. The summed E-state index contributed by atoms with van der Waals surface area (Å²) in [6.07, 6.45) is -0.735. The van der Waals surface area contributed by atoms with E-state index in [0.29, 0.717) is 5.56 Å². The maximum Gasteiger partial charge on any atom is 0.168 e. The molecule has 3 atom stereocenters. The first-order valence-corrected chi connectivity index (χ1v) is 7.79. The summed E-state index contributed by atoms with van der Waals surface area (Å²) in [6, 6.07) is 3.27. The number of hydrogen-bond donors (Lipinski definition) is 2. The van der Waals surface area contributed by atoms with E-state index in [-0.39, 0.29) is 47.4 Å². The Kier molecular flexibility index (Phi) is 3.34. The molecule has 1 saturated carbocycles. The van der Waals surface area contributed by atoms with Crippen LogP contribution in [0.1, 0.15) is 49.5 Å². The highest BCUT2D eigenvalue weighted by molar-refractivity contribution is 6.04. The first kappa shape index (κ1) is 16.0. The number of fused-ring (bicyclic) bond motifs is 3. The number of methoxy groups -OCH3 is 1. The van der Waals surface area contributed by atoms with Gasteiger partial charge in [0.15, 0.2) is 23.1 Å². The van der Waals surface area contributed by atoms with Gasteiger partial charge in [-0.15, -0.1) is 0 Å².